The van der Waals surface area contributed by atoms with Crippen LogP contribution in [-0.4, -0.2) is 12.4 Å². The van der Waals surface area contributed by atoms with E-state index in [1.807, 2.05) is 6.07 Å². The maximum Gasteiger partial charge on any atom is 0.137 e. The number of benzene rings is 1. The highest BCUT2D eigenvalue weighted by molar-refractivity contribution is 7.80. The normalized spacial score (nSPS) is 10.7. The first-order valence-electron chi connectivity index (χ1n) is 6.93. The molecule has 0 bridgehead atoms. The smallest absolute Gasteiger partial charge is 0.137 e. The van der Waals surface area contributed by atoms with Gasteiger partial charge in [-0.2, -0.15) is 12.6 Å². The highest BCUT2D eigenvalue weighted by atomic mass is 35.5. The summed E-state index contributed by atoms with van der Waals surface area (Å²) in [5.41, 5.74) is 0. The molecule has 1 rings (SSSR count). The van der Waals surface area contributed by atoms with Crippen LogP contribution in [0.3, 0.4) is 0 Å². The summed E-state index contributed by atoms with van der Waals surface area (Å²) in [4.78, 5) is 0. The van der Waals surface area contributed by atoms with E-state index in [1.54, 1.807) is 12.1 Å². The zero-order valence-corrected chi connectivity index (χ0v) is 13.6. The van der Waals surface area contributed by atoms with Crippen LogP contribution in [0.2, 0.25) is 10.0 Å². The van der Waals surface area contributed by atoms with E-state index < -0.39 is 0 Å². The van der Waals surface area contributed by atoms with Gasteiger partial charge in [0.25, 0.3) is 0 Å². The van der Waals surface area contributed by atoms with E-state index in [-0.39, 0.29) is 0 Å². The molecule has 1 aromatic carbocycles. The first kappa shape index (κ1) is 17.0. The molecule has 4 heteroatoms. The van der Waals surface area contributed by atoms with E-state index in [0.717, 1.165) is 24.5 Å². The fourth-order valence-corrected chi connectivity index (χ4v) is 2.56. The molecule has 1 nitrogen and oxygen atoms in total. The molecular formula is C15H22Cl2OS. The molecule has 0 saturated carbocycles. The van der Waals surface area contributed by atoms with Gasteiger partial charge in [0, 0.05) is 5.02 Å². The third-order valence-electron chi connectivity index (χ3n) is 2.95. The molecule has 0 radical (unpaired) electrons. The van der Waals surface area contributed by atoms with Crippen LogP contribution in [0.25, 0.3) is 0 Å². The fourth-order valence-electron chi connectivity index (χ4n) is 1.87. The predicted molar refractivity (Wildman–Crippen MR) is 88.1 cm³/mol. The Hall–Kier alpha value is -0.0500. The number of rotatable bonds is 10. The lowest BCUT2D eigenvalue weighted by atomic mass is 10.1. The van der Waals surface area contributed by atoms with Crippen molar-refractivity contribution in [1.29, 1.82) is 0 Å². The van der Waals surface area contributed by atoms with E-state index in [1.165, 1.54) is 38.5 Å². The Kier molecular flexibility index (Phi) is 9.58. The lowest BCUT2D eigenvalue weighted by Crippen LogP contribution is -1.97. The van der Waals surface area contributed by atoms with Crippen LogP contribution >= 0.6 is 35.8 Å². The maximum atomic E-state index is 6.02. The van der Waals surface area contributed by atoms with Gasteiger partial charge in [0.1, 0.15) is 5.75 Å². The third kappa shape index (κ3) is 7.96. The first-order chi connectivity index (χ1) is 9.24. The second-order valence-corrected chi connectivity index (χ2v) is 5.91. The highest BCUT2D eigenvalue weighted by Gasteiger charge is 2.01. The maximum absolute atomic E-state index is 6.02. The molecule has 0 aliphatic heterocycles. The first-order valence-corrected chi connectivity index (χ1v) is 8.31. The molecule has 0 heterocycles. The molecule has 0 atom stereocenters. The Morgan fingerprint density at radius 2 is 1.53 bits per heavy atom. The van der Waals surface area contributed by atoms with Crippen molar-refractivity contribution < 1.29 is 4.74 Å². The van der Waals surface area contributed by atoms with Gasteiger partial charge in [-0.25, -0.2) is 0 Å². The molecule has 0 saturated heterocycles. The van der Waals surface area contributed by atoms with Crippen molar-refractivity contribution in [3.05, 3.63) is 28.2 Å². The second kappa shape index (κ2) is 10.7. The Labute approximate surface area is 132 Å². The summed E-state index contributed by atoms with van der Waals surface area (Å²) in [6, 6.07) is 5.33. The largest absolute Gasteiger partial charge is 0.492 e. The number of halogens is 2. The molecular weight excluding hydrogens is 299 g/mol. The highest BCUT2D eigenvalue weighted by Crippen LogP contribution is 2.27. The van der Waals surface area contributed by atoms with Crippen LogP contribution < -0.4 is 4.74 Å². The van der Waals surface area contributed by atoms with E-state index in [2.05, 4.69) is 12.6 Å². The minimum atomic E-state index is 0.583. The average Bonchev–Trinajstić information content (AvgIpc) is 2.39. The lowest BCUT2D eigenvalue weighted by Gasteiger charge is -2.08. The topological polar surface area (TPSA) is 9.23 Å². The molecule has 0 aliphatic carbocycles. The van der Waals surface area contributed by atoms with Gasteiger partial charge in [0.05, 0.1) is 11.6 Å². The van der Waals surface area contributed by atoms with Crippen molar-refractivity contribution >= 4 is 35.8 Å². The molecule has 0 fully saturated rings. The number of thiol groups is 1. The quantitative estimate of drug-likeness (QED) is 0.409. The second-order valence-electron chi connectivity index (χ2n) is 4.62. The minimum Gasteiger partial charge on any atom is -0.492 e. The Bertz CT molecular complexity index is 358. The fraction of sp³-hybridized carbons (Fsp3) is 0.600. The summed E-state index contributed by atoms with van der Waals surface area (Å²) < 4.78 is 5.64. The number of hydrogen-bond donors (Lipinski definition) is 1. The van der Waals surface area contributed by atoms with Crippen LogP contribution in [0.1, 0.15) is 44.9 Å². The molecule has 0 N–H and O–H groups in total. The molecule has 0 spiro atoms. The molecule has 1 aromatic rings. The van der Waals surface area contributed by atoms with E-state index in [9.17, 15) is 0 Å². The number of ether oxygens (including phenoxy) is 1. The van der Waals surface area contributed by atoms with Crippen molar-refractivity contribution in [3.63, 3.8) is 0 Å². The molecule has 0 aromatic heterocycles. The van der Waals surface area contributed by atoms with E-state index >= 15 is 0 Å². The molecule has 0 amide bonds. The van der Waals surface area contributed by atoms with Crippen LogP contribution in [-0.2, 0) is 0 Å². The van der Waals surface area contributed by atoms with Crippen LogP contribution in [0, 0.1) is 0 Å². The van der Waals surface area contributed by atoms with Gasteiger partial charge >= 0.3 is 0 Å². The summed E-state index contributed by atoms with van der Waals surface area (Å²) in [5.74, 6) is 1.73. The van der Waals surface area contributed by atoms with Gasteiger partial charge in [0.15, 0.2) is 0 Å². The van der Waals surface area contributed by atoms with Gasteiger partial charge < -0.3 is 4.74 Å². The monoisotopic (exact) mass is 320 g/mol. The van der Waals surface area contributed by atoms with Crippen LogP contribution in [0.4, 0.5) is 0 Å². The molecule has 0 aliphatic rings. The van der Waals surface area contributed by atoms with Gasteiger partial charge in [-0.05, 0) is 36.8 Å². The van der Waals surface area contributed by atoms with Crippen LogP contribution in [0.15, 0.2) is 18.2 Å². The molecule has 19 heavy (non-hydrogen) atoms. The lowest BCUT2D eigenvalue weighted by molar-refractivity contribution is 0.304. The van der Waals surface area contributed by atoms with Crippen molar-refractivity contribution in [3.8, 4) is 5.75 Å². The third-order valence-corrected chi connectivity index (χ3v) is 3.80. The van der Waals surface area contributed by atoms with Crippen LogP contribution in [0.5, 0.6) is 5.75 Å². The molecule has 0 unspecified atom stereocenters. The summed E-state index contributed by atoms with van der Waals surface area (Å²) in [6.07, 6.45) is 8.75. The Morgan fingerprint density at radius 1 is 0.895 bits per heavy atom. The number of unbranched alkanes of at least 4 members (excludes halogenated alkanes) is 6. The number of hydrogen-bond acceptors (Lipinski definition) is 2. The summed E-state index contributed by atoms with van der Waals surface area (Å²) >= 11 is 16.1. The summed E-state index contributed by atoms with van der Waals surface area (Å²) in [6.45, 7) is 0.720. The van der Waals surface area contributed by atoms with Gasteiger partial charge in [-0.15, -0.1) is 0 Å². The Morgan fingerprint density at radius 3 is 2.16 bits per heavy atom. The zero-order chi connectivity index (χ0) is 13.9. The van der Waals surface area contributed by atoms with Gasteiger partial charge in [-0.1, -0.05) is 55.3 Å². The predicted octanol–water partition coefficient (Wildman–Crippen LogP) is 6.03. The van der Waals surface area contributed by atoms with Crippen molar-refractivity contribution in [2.45, 2.75) is 44.9 Å². The zero-order valence-electron chi connectivity index (χ0n) is 11.2. The minimum absolute atomic E-state index is 0.583. The van der Waals surface area contributed by atoms with Crippen molar-refractivity contribution in [1.82, 2.24) is 0 Å². The Balaban J connectivity index is 2.01. The van der Waals surface area contributed by atoms with Gasteiger partial charge in [-0.3, -0.25) is 0 Å². The summed E-state index contributed by atoms with van der Waals surface area (Å²) in [5, 5.41) is 1.22. The average molecular weight is 321 g/mol. The van der Waals surface area contributed by atoms with E-state index in [4.69, 9.17) is 27.9 Å². The SMILES string of the molecule is SCCCCCCCCCOc1ccc(Cl)cc1Cl. The van der Waals surface area contributed by atoms with Gasteiger partial charge in [0.2, 0.25) is 0 Å². The van der Waals surface area contributed by atoms with Crippen molar-refractivity contribution in [2.75, 3.05) is 12.4 Å². The van der Waals surface area contributed by atoms with E-state index in [0.29, 0.717) is 10.0 Å². The standard InChI is InChI=1S/C15H22Cl2OS/c16-13-8-9-15(14(17)12-13)18-10-6-4-2-1-3-5-7-11-19/h8-9,12,19H,1-7,10-11H2. The van der Waals surface area contributed by atoms with Crippen molar-refractivity contribution in [2.24, 2.45) is 0 Å². The summed E-state index contributed by atoms with van der Waals surface area (Å²) in [7, 11) is 0. The molecule has 108 valence electrons.